The fraction of sp³-hybridized carbons (Fsp3) is 0. The van der Waals surface area contributed by atoms with Gasteiger partial charge in [-0.1, -0.05) is 0 Å². The van der Waals surface area contributed by atoms with Gasteiger partial charge in [-0.15, -0.1) is 0 Å². The van der Waals surface area contributed by atoms with Crippen LogP contribution in [0.1, 0.15) is 5.71 Å². The largest absolute Gasteiger partial charge is 2.00 e. The van der Waals surface area contributed by atoms with Crippen molar-refractivity contribution in [1.82, 2.24) is 0 Å². The average molecular weight is 166 g/mol. The second kappa shape index (κ2) is 16.9. The molecule has 4 heavy (non-hydrogen) atoms. The van der Waals surface area contributed by atoms with E-state index in [1.165, 1.54) is 0 Å². The van der Waals surface area contributed by atoms with Gasteiger partial charge in [-0.25, -0.2) is 0 Å². The standard InChI is InChI=1S/Ca.Mg.H4Si.Zn.4H/h;;1H4;;;;;/q2*+2;;;4*-1. The summed E-state index contributed by atoms with van der Waals surface area (Å²) in [4.78, 5) is 0. The number of hydrogen-bond acceptors (Lipinski definition) is 0. The Balaban J connectivity index is 0. The summed E-state index contributed by atoms with van der Waals surface area (Å²) in [7, 11) is 0. The van der Waals surface area contributed by atoms with Gasteiger partial charge in [-0.3, -0.25) is 0 Å². The third-order valence-corrected chi connectivity index (χ3v) is 0. The van der Waals surface area contributed by atoms with Gasteiger partial charge in [0.25, 0.3) is 0 Å². The van der Waals surface area contributed by atoms with Crippen LogP contribution < -0.4 is 0 Å². The Bertz CT molecular complexity index is 16.0. The summed E-state index contributed by atoms with van der Waals surface area (Å²) in [6, 6.07) is 0. The van der Waals surface area contributed by atoms with Gasteiger partial charge in [-0.2, -0.15) is 0 Å². The van der Waals surface area contributed by atoms with Crippen molar-refractivity contribution in [2.75, 3.05) is 0 Å². The minimum atomic E-state index is 0. The van der Waals surface area contributed by atoms with Crippen LogP contribution in [0, 0.1) is 0 Å². The molecular weight excluding hydrogens is 158 g/mol. The van der Waals surface area contributed by atoms with Crippen LogP contribution in [-0.4, -0.2) is 71.8 Å². The molecule has 18 valence electrons. The molecule has 0 aliphatic heterocycles. The second-order valence-electron chi connectivity index (χ2n) is 0. The average Bonchev–Trinajstić information content (AvgIpc) is 0. The van der Waals surface area contributed by atoms with Crippen LogP contribution in [0.4, 0.5) is 0 Å². The summed E-state index contributed by atoms with van der Waals surface area (Å²) < 4.78 is 0. The zero-order valence-electron chi connectivity index (χ0n) is 6.12. The van der Waals surface area contributed by atoms with Crippen LogP contribution in [-0.2, 0) is 19.5 Å². The predicted molar refractivity (Wildman–Crippen MR) is 27.3 cm³/mol. The summed E-state index contributed by atoms with van der Waals surface area (Å²) in [6.45, 7) is 0. The summed E-state index contributed by atoms with van der Waals surface area (Å²) in [5.41, 5.74) is 0. The zero-order valence-corrected chi connectivity index (χ0v) is 8.71. The van der Waals surface area contributed by atoms with Gasteiger partial charge in [0.15, 0.2) is 0 Å². The van der Waals surface area contributed by atoms with Crippen molar-refractivity contribution < 1.29 is 25.2 Å². The fourth-order valence-electron chi connectivity index (χ4n) is 0. The molecule has 0 aliphatic carbocycles. The van der Waals surface area contributed by atoms with E-state index >= 15 is 0 Å². The van der Waals surface area contributed by atoms with Gasteiger partial charge in [0, 0.05) is 19.5 Å². The molecule has 0 amide bonds. The number of hydrogen-bond donors (Lipinski definition) is 0. The smallest absolute Gasteiger partial charge is 1.00 e. The van der Waals surface area contributed by atoms with E-state index in [4.69, 9.17) is 0 Å². The van der Waals surface area contributed by atoms with Gasteiger partial charge in [0.2, 0.25) is 0 Å². The van der Waals surface area contributed by atoms with Crippen molar-refractivity contribution in [1.29, 1.82) is 0 Å². The molecule has 0 unspecified atom stereocenters. The van der Waals surface area contributed by atoms with Crippen molar-refractivity contribution in [3.05, 3.63) is 0 Å². The third kappa shape index (κ3) is 8.85. The van der Waals surface area contributed by atoms with E-state index in [2.05, 4.69) is 0 Å². The third-order valence-electron chi connectivity index (χ3n) is 0. The molecule has 0 heterocycles. The van der Waals surface area contributed by atoms with Crippen LogP contribution in [0.2, 0.25) is 0 Å². The minimum Gasteiger partial charge on any atom is -1.00 e. The normalized spacial score (nSPS) is 0. The van der Waals surface area contributed by atoms with Crippen molar-refractivity contribution in [2.24, 2.45) is 0 Å². The molecule has 0 N–H and O–H groups in total. The topological polar surface area (TPSA) is 0 Å². The molecule has 0 nitrogen and oxygen atoms in total. The van der Waals surface area contributed by atoms with Gasteiger partial charge < -0.3 is 5.71 Å². The molecule has 0 aromatic carbocycles. The Morgan fingerprint density at radius 3 is 1.25 bits per heavy atom. The SMILES string of the molecule is [Ca+2].[H-].[H-].[H-].[H-].[Mg+2].[SiH4].[Zn]. The first-order valence-corrected chi connectivity index (χ1v) is 0. The molecule has 0 rings (SSSR count). The minimum absolute atomic E-state index is 0. The summed E-state index contributed by atoms with van der Waals surface area (Å²) >= 11 is 0. The maximum Gasteiger partial charge on any atom is 2.00 e. The molecular formula is H8CaMgSiZn. The van der Waals surface area contributed by atoms with Crippen molar-refractivity contribution >= 4 is 71.8 Å². The van der Waals surface area contributed by atoms with Gasteiger partial charge in [-0.05, 0) is 11.0 Å². The maximum atomic E-state index is 0. The first-order valence-electron chi connectivity index (χ1n) is 0. The Labute approximate surface area is 95.4 Å². The van der Waals surface area contributed by atoms with Crippen LogP contribution in [0.5, 0.6) is 0 Å². The molecule has 4 heteroatoms. The first kappa shape index (κ1) is 28.8. The second-order valence-corrected chi connectivity index (χ2v) is 0. The van der Waals surface area contributed by atoms with E-state index in [9.17, 15) is 0 Å². The molecule has 0 saturated carbocycles. The molecule has 0 aromatic heterocycles. The Morgan fingerprint density at radius 1 is 1.25 bits per heavy atom. The summed E-state index contributed by atoms with van der Waals surface area (Å²) in [5, 5.41) is 0. The van der Waals surface area contributed by atoms with E-state index < -0.39 is 0 Å². The molecule has 0 atom stereocenters. The van der Waals surface area contributed by atoms with E-state index in [0.717, 1.165) is 0 Å². The monoisotopic (exact) mass is 164 g/mol. The summed E-state index contributed by atoms with van der Waals surface area (Å²) in [5.74, 6) is 0. The van der Waals surface area contributed by atoms with Crippen LogP contribution >= 0.6 is 0 Å². The van der Waals surface area contributed by atoms with Crippen molar-refractivity contribution in [3.8, 4) is 0 Å². The molecule has 0 radical (unpaired) electrons. The quantitative estimate of drug-likeness (QED) is 0.374. The molecule has 0 aromatic rings. The zero-order chi connectivity index (χ0) is 0. The van der Waals surface area contributed by atoms with Crippen LogP contribution in [0.3, 0.4) is 0 Å². The van der Waals surface area contributed by atoms with Crippen molar-refractivity contribution in [3.63, 3.8) is 0 Å². The van der Waals surface area contributed by atoms with E-state index in [1.807, 2.05) is 0 Å². The van der Waals surface area contributed by atoms with Gasteiger partial charge >= 0.3 is 60.8 Å². The van der Waals surface area contributed by atoms with Gasteiger partial charge in [0.1, 0.15) is 0 Å². The molecule has 0 saturated heterocycles. The fourth-order valence-corrected chi connectivity index (χ4v) is 0. The summed E-state index contributed by atoms with van der Waals surface area (Å²) in [6.07, 6.45) is 0. The van der Waals surface area contributed by atoms with Gasteiger partial charge in [0.05, 0.1) is 0 Å². The molecule has 0 bridgehead atoms. The van der Waals surface area contributed by atoms with Crippen LogP contribution in [0.25, 0.3) is 0 Å². The molecule has 0 aliphatic rings. The van der Waals surface area contributed by atoms with E-state index in [-0.39, 0.29) is 96.9 Å². The molecule has 0 fully saturated rings. The maximum absolute atomic E-state index is 0. The van der Waals surface area contributed by atoms with E-state index in [1.54, 1.807) is 0 Å². The van der Waals surface area contributed by atoms with E-state index in [0.29, 0.717) is 0 Å². The predicted octanol–water partition coefficient (Wildman–Crippen LogP) is -1.77. The van der Waals surface area contributed by atoms with Crippen LogP contribution in [0.15, 0.2) is 0 Å². The Hall–Kier alpha value is 2.87. The Morgan fingerprint density at radius 2 is 1.25 bits per heavy atom. The molecule has 0 spiro atoms. The number of rotatable bonds is 0. The Kier molecular flexibility index (Phi) is 122. The first-order chi connectivity index (χ1) is 0. The van der Waals surface area contributed by atoms with Crippen molar-refractivity contribution in [2.45, 2.75) is 0 Å².